The van der Waals surface area contributed by atoms with Gasteiger partial charge in [-0.15, -0.1) is 0 Å². The fraction of sp³-hybridized carbons (Fsp3) is 0. The maximum atomic E-state index is 9.83. The molecule has 3 heteroatoms. The average molecular weight is 119 g/mol. The van der Waals surface area contributed by atoms with Crippen molar-refractivity contribution in [2.24, 2.45) is 0 Å². The molecule has 8 heavy (non-hydrogen) atoms. The van der Waals surface area contributed by atoms with Crippen LogP contribution in [0.15, 0.2) is 24.5 Å². The van der Waals surface area contributed by atoms with Crippen LogP contribution in [0, 0.1) is 0 Å². The Morgan fingerprint density at radius 1 is 1.25 bits per heavy atom. The first-order chi connectivity index (χ1) is 3.43. The normalized spacial score (nSPS) is 7.50. The Morgan fingerprint density at radius 3 is 2.00 bits per heavy atom. The van der Waals surface area contributed by atoms with Gasteiger partial charge in [0.2, 0.25) is 6.41 Å². The number of carbonyl (C=O) groups is 1. The molecular weight excluding hydrogens is 113 g/mol. The van der Waals surface area contributed by atoms with Crippen LogP contribution in [0.2, 0.25) is 0 Å². The first kappa shape index (κ1) is 7.95. The Morgan fingerprint density at radius 2 is 1.75 bits per heavy atom. The van der Waals surface area contributed by atoms with Gasteiger partial charge in [0, 0.05) is 12.4 Å². The van der Waals surface area contributed by atoms with E-state index >= 15 is 0 Å². The standard InChI is InChI=1S/C5H5NO.Na.H/c7-5-6-3-1-2-4-6;;/h1-5H;;. The summed E-state index contributed by atoms with van der Waals surface area (Å²) in [6.07, 6.45) is 4.12. The second-order valence-electron chi connectivity index (χ2n) is 1.24. The van der Waals surface area contributed by atoms with Crippen LogP contribution < -0.4 is 0 Å². The number of hydrogen-bond acceptors (Lipinski definition) is 1. The number of aromatic nitrogens is 1. The van der Waals surface area contributed by atoms with Crippen molar-refractivity contribution in [3.8, 4) is 0 Å². The van der Waals surface area contributed by atoms with Gasteiger partial charge in [-0.05, 0) is 12.1 Å². The summed E-state index contributed by atoms with van der Waals surface area (Å²) in [5.74, 6) is 0. The Labute approximate surface area is 69.8 Å². The van der Waals surface area contributed by atoms with Gasteiger partial charge in [-0.3, -0.25) is 9.36 Å². The molecule has 0 saturated carbocycles. The summed E-state index contributed by atoms with van der Waals surface area (Å²) in [5, 5.41) is 0. The third kappa shape index (κ3) is 1.82. The van der Waals surface area contributed by atoms with Crippen molar-refractivity contribution in [2.75, 3.05) is 0 Å². The molecule has 0 amide bonds. The van der Waals surface area contributed by atoms with E-state index in [2.05, 4.69) is 0 Å². The molecule has 0 bridgehead atoms. The molecule has 0 aliphatic rings. The molecule has 0 fully saturated rings. The van der Waals surface area contributed by atoms with Crippen LogP contribution in [0.4, 0.5) is 0 Å². The summed E-state index contributed by atoms with van der Waals surface area (Å²) in [6, 6.07) is 3.60. The zero-order chi connectivity index (χ0) is 5.11. The predicted octanol–water partition coefficient (Wildman–Crippen LogP) is -0.122. The van der Waals surface area contributed by atoms with E-state index < -0.39 is 0 Å². The van der Waals surface area contributed by atoms with Crippen LogP contribution in [0.3, 0.4) is 0 Å². The topological polar surface area (TPSA) is 22.0 Å². The number of nitrogens with zero attached hydrogens (tertiary/aromatic N) is 1. The van der Waals surface area contributed by atoms with Crippen LogP contribution in [0.1, 0.15) is 0 Å². The zero-order valence-corrected chi connectivity index (χ0v) is 3.74. The molecule has 0 N–H and O–H groups in total. The van der Waals surface area contributed by atoms with E-state index in [1.165, 1.54) is 4.57 Å². The summed E-state index contributed by atoms with van der Waals surface area (Å²) >= 11 is 0. The van der Waals surface area contributed by atoms with E-state index in [1.54, 1.807) is 24.5 Å². The summed E-state index contributed by atoms with van der Waals surface area (Å²) in [7, 11) is 0. The molecule has 0 radical (unpaired) electrons. The Balaban J connectivity index is 0.000000490. The summed E-state index contributed by atoms with van der Waals surface area (Å²) in [5.41, 5.74) is 0. The van der Waals surface area contributed by atoms with Crippen molar-refractivity contribution in [1.82, 2.24) is 4.57 Å². The van der Waals surface area contributed by atoms with E-state index in [1.807, 2.05) is 0 Å². The van der Waals surface area contributed by atoms with Crippen molar-refractivity contribution in [2.45, 2.75) is 0 Å². The first-order valence-corrected chi connectivity index (χ1v) is 2.01. The zero-order valence-electron chi connectivity index (χ0n) is 3.74. The van der Waals surface area contributed by atoms with Crippen molar-refractivity contribution in [3.63, 3.8) is 0 Å². The third-order valence-electron chi connectivity index (χ3n) is 0.749. The van der Waals surface area contributed by atoms with Crippen LogP contribution >= 0.6 is 0 Å². The molecule has 0 spiro atoms. The molecule has 0 saturated heterocycles. The van der Waals surface area contributed by atoms with Gasteiger partial charge in [-0.2, -0.15) is 0 Å². The minimum atomic E-state index is 0. The molecule has 0 aliphatic heterocycles. The molecule has 1 aromatic rings. The van der Waals surface area contributed by atoms with Crippen molar-refractivity contribution in [1.29, 1.82) is 0 Å². The van der Waals surface area contributed by atoms with E-state index in [0.717, 1.165) is 6.41 Å². The Bertz CT molecular complexity index is 147. The summed E-state index contributed by atoms with van der Waals surface area (Å²) in [6.45, 7) is 0. The maximum absolute atomic E-state index is 9.83. The third-order valence-corrected chi connectivity index (χ3v) is 0.749. The van der Waals surface area contributed by atoms with Crippen LogP contribution in [-0.4, -0.2) is 40.5 Å². The van der Waals surface area contributed by atoms with E-state index in [-0.39, 0.29) is 29.6 Å². The van der Waals surface area contributed by atoms with Gasteiger partial charge < -0.3 is 0 Å². The van der Waals surface area contributed by atoms with Gasteiger partial charge in [0.25, 0.3) is 0 Å². The fourth-order valence-corrected chi connectivity index (χ4v) is 0.418. The van der Waals surface area contributed by atoms with Crippen LogP contribution in [0.25, 0.3) is 0 Å². The van der Waals surface area contributed by atoms with Crippen LogP contribution in [0.5, 0.6) is 0 Å². The second kappa shape index (κ2) is 3.89. The predicted molar refractivity (Wildman–Crippen MR) is 33.7 cm³/mol. The van der Waals surface area contributed by atoms with Gasteiger partial charge in [0.15, 0.2) is 0 Å². The fourth-order valence-electron chi connectivity index (χ4n) is 0.418. The number of hydrogen-bond donors (Lipinski definition) is 0. The summed E-state index contributed by atoms with van der Waals surface area (Å²) in [4.78, 5) is 9.83. The molecule has 0 atom stereocenters. The van der Waals surface area contributed by atoms with Crippen molar-refractivity contribution < 1.29 is 4.79 Å². The quantitative estimate of drug-likeness (QED) is 0.373. The summed E-state index contributed by atoms with van der Waals surface area (Å²) < 4.78 is 1.44. The SMILES string of the molecule is O=Cn1cccc1.[NaH]. The molecule has 0 aliphatic carbocycles. The van der Waals surface area contributed by atoms with Gasteiger partial charge in [-0.25, -0.2) is 0 Å². The van der Waals surface area contributed by atoms with Gasteiger partial charge in [-0.1, -0.05) is 0 Å². The van der Waals surface area contributed by atoms with Crippen LogP contribution in [-0.2, 0) is 4.79 Å². The second-order valence-corrected chi connectivity index (χ2v) is 1.24. The van der Waals surface area contributed by atoms with E-state index in [9.17, 15) is 4.79 Å². The Kier molecular flexibility index (Phi) is 3.87. The molecule has 2 nitrogen and oxygen atoms in total. The molecule has 1 heterocycles. The monoisotopic (exact) mass is 119 g/mol. The van der Waals surface area contributed by atoms with Gasteiger partial charge in [0.05, 0.1) is 0 Å². The molecule has 0 unspecified atom stereocenters. The van der Waals surface area contributed by atoms with E-state index in [0.29, 0.717) is 0 Å². The first-order valence-electron chi connectivity index (χ1n) is 2.01. The number of rotatable bonds is 1. The average Bonchev–Trinajstić information content (AvgIpc) is 2.14. The van der Waals surface area contributed by atoms with E-state index in [4.69, 9.17) is 0 Å². The molecule has 0 aromatic carbocycles. The molecular formula is C5H6NNaO. The minimum absolute atomic E-state index is 0. The van der Waals surface area contributed by atoms with Crippen molar-refractivity contribution in [3.05, 3.63) is 24.5 Å². The van der Waals surface area contributed by atoms with Gasteiger partial charge >= 0.3 is 29.6 Å². The Hall–Kier alpha value is -0.0500. The number of carbonyl (C=O) groups excluding carboxylic acids is 1. The molecule has 1 aromatic heterocycles. The van der Waals surface area contributed by atoms with Crippen molar-refractivity contribution >= 4 is 36.0 Å². The van der Waals surface area contributed by atoms with Gasteiger partial charge in [0.1, 0.15) is 0 Å². The molecule has 1 rings (SSSR count). The molecule has 38 valence electrons.